The fourth-order valence-electron chi connectivity index (χ4n) is 3.56. The number of methoxy groups -OCH3 is 1. The van der Waals surface area contributed by atoms with Crippen LogP contribution in [0.3, 0.4) is 0 Å². The fourth-order valence-corrected chi connectivity index (χ4v) is 4.97. The highest BCUT2D eigenvalue weighted by molar-refractivity contribution is 7.89. The zero-order valence-electron chi connectivity index (χ0n) is 13.4. The van der Waals surface area contributed by atoms with Gasteiger partial charge in [-0.15, -0.1) is 0 Å². The van der Waals surface area contributed by atoms with Gasteiger partial charge < -0.3 is 14.6 Å². The lowest BCUT2D eigenvalue weighted by Crippen LogP contribution is -2.47. The van der Waals surface area contributed by atoms with E-state index >= 15 is 0 Å². The number of carbonyl (C=O) groups is 1. The Morgan fingerprint density at radius 3 is 2.70 bits per heavy atom. The van der Waals surface area contributed by atoms with Gasteiger partial charge in [0.05, 0.1) is 18.9 Å². The van der Waals surface area contributed by atoms with Crippen LogP contribution < -0.4 is 5.32 Å². The van der Waals surface area contributed by atoms with Crippen molar-refractivity contribution in [2.24, 2.45) is 18.4 Å². The molecule has 2 fully saturated rings. The van der Waals surface area contributed by atoms with Crippen LogP contribution >= 0.6 is 0 Å². The normalized spacial score (nSPS) is 25.0. The minimum Gasteiger partial charge on any atom is -0.384 e. The predicted molar refractivity (Wildman–Crippen MR) is 82.0 cm³/mol. The van der Waals surface area contributed by atoms with E-state index in [4.69, 9.17) is 4.74 Å². The average molecular weight is 342 g/mol. The van der Waals surface area contributed by atoms with Crippen molar-refractivity contribution >= 4 is 15.9 Å². The number of carbonyl (C=O) groups excluding carboxylic acids is 1. The number of sulfonamides is 1. The molecule has 1 atom stereocenters. The summed E-state index contributed by atoms with van der Waals surface area (Å²) in [4.78, 5) is 16.0. The predicted octanol–water partition coefficient (Wildman–Crippen LogP) is -0.417. The maximum absolute atomic E-state index is 12.6. The second-order valence-corrected chi connectivity index (χ2v) is 8.25. The first-order valence-corrected chi connectivity index (χ1v) is 9.08. The molecule has 3 rings (SSSR count). The van der Waals surface area contributed by atoms with Crippen LogP contribution in [0.5, 0.6) is 0 Å². The number of imidazole rings is 1. The number of piperidine rings is 1. The second kappa shape index (κ2) is 5.88. The number of ether oxygens (including phenoxy) is 1. The van der Waals surface area contributed by atoms with Crippen LogP contribution in [0.4, 0.5) is 0 Å². The molecule has 2 aliphatic heterocycles. The maximum Gasteiger partial charge on any atom is 0.262 e. The summed E-state index contributed by atoms with van der Waals surface area (Å²) >= 11 is 0. The molecule has 0 aromatic carbocycles. The Morgan fingerprint density at radius 1 is 1.43 bits per heavy atom. The number of hydrogen-bond donors (Lipinski definition) is 1. The van der Waals surface area contributed by atoms with E-state index in [1.807, 2.05) is 0 Å². The zero-order chi connectivity index (χ0) is 16.7. The van der Waals surface area contributed by atoms with E-state index in [-0.39, 0.29) is 22.3 Å². The van der Waals surface area contributed by atoms with Crippen LogP contribution in [0.25, 0.3) is 0 Å². The van der Waals surface area contributed by atoms with Gasteiger partial charge in [0.15, 0.2) is 5.03 Å². The molecule has 1 amide bonds. The molecule has 3 heterocycles. The third-order valence-corrected chi connectivity index (χ3v) is 6.79. The third kappa shape index (κ3) is 2.77. The molecule has 8 nitrogen and oxygen atoms in total. The van der Waals surface area contributed by atoms with Gasteiger partial charge in [-0.3, -0.25) is 4.79 Å². The van der Waals surface area contributed by atoms with E-state index in [0.29, 0.717) is 39.1 Å². The molecule has 2 aliphatic rings. The van der Waals surface area contributed by atoms with Gasteiger partial charge in [0.1, 0.15) is 0 Å². The van der Waals surface area contributed by atoms with Gasteiger partial charge in [-0.25, -0.2) is 13.4 Å². The van der Waals surface area contributed by atoms with Gasteiger partial charge in [0.25, 0.3) is 10.0 Å². The fraction of sp³-hybridized carbons (Fsp3) is 0.714. The first-order chi connectivity index (χ1) is 10.9. The zero-order valence-corrected chi connectivity index (χ0v) is 14.2. The van der Waals surface area contributed by atoms with Crippen LogP contribution in [0.2, 0.25) is 0 Å². The first kappa shape index (κ1) is 16.4. The van der Waals surface area contributed by atoms with Gasteiger partial charge in [0, 0.05) is 45.4 Å². The lowest BCUT2D eigenvalue weighted by Gasteiger charge is -2.40. The van der Waals surface area contributed by atoms with Crippen molar-refractivity contribution < 1.29 is 17.9 Å². The number of aryl methyl sites for hydroxylation is 1. The number of nitrogens with one attached hydrogen (secondary N) is 1. The monoisotopic (exact) mass is 342 g/mol. The van der Waals surface area contributed by atoms with E-state index < -0.39 is 10.0 Å². The molecule has 1 aromatic heterocycles. The minimum absolute atomic E-state index is 0.00730. The Hall–Kier alpha value is -1.45. The minimum atomic E-state index is -3.57. The average Bonchev–Trinajstić information content (AvgIpc) is 3.08. The molecule has 1 spiro atoms. The number of amides is 1. The summed E-state index contributed by atoms with van der Waals surface area (Å²) in [5.41, 5.74) is -0.205. The maximum atomic E-state index is 12.6. The summed E-state index contributed by atoms with van der Waals surface area (Å²) in [6.07, 6.45) is 4.28. The highest BCUT2D eigenvalue weighted by Crippen LogP contribution is 2.43. The summed E-state index contributed by atoms with van der Waals surface area (Å²) in [5.74, 6) is -0.194. The number of aromatic nitrogens is 2. The van der Waals surface area contributed by atoms with E-state index in [0.717, 1.165) is 0 Å². The Bertz CT molecular complexity index is 691. The molecule has 1 N–H and O–H groups in total. The van der Waals surface area contributed by atoms with Crippen molar-refractivity contribution in [3.8, 4) is 0 Å². The van der Waals surface area contributed by atoms with Crippen molar-refractivity contribution in [3.05, 3.63) is 12.5 Å². The summed E-state index contributed by atoms with van der Waals surface area (Å²) in [5, 5.41) is 2.98. The van der Waals surface area contributed by atoms with Crippen molar-refractivity contribution in [2.75, 3.05) is 33.4 Å². The standard InChI is InChI=1S/C14H22N4O4S/c1-17-7-12(16-10-17)23(20,21)18-5-3-14(4-6-18)9-15-13(19)11(14)8-22-2/h7,10-11H,3-6,8-9H2,1-2H3,(H,15,19)/t11-/m0/s1. The third-order valence-electron chi connectivity index (χ3n) is 5.01. The molecule has 0 unspecified atom stereocenters. The Morgan fingerprint density at radius 2 is 2.13 bits per heavy atom. The van der Waals surface area contributed by atoms with Crippen LogP contribution in [-0.4, -0.2) is 61.5 Å². The molecular weight excluding hydrogens is 320 g/mol. The van der Waals surface area contributed by atoms with Gasteiger partial charge in [-0.2, -0.15) is 4.31 Å². The van der Waals surface area contributed by atoms with Crippen LogP contribution in [-0.2, 0) is 26.6 Å². The van der Waals surface area contributed by atoms with Gasteiger partial charge in [0.2, 0.25) is 5.91 Å². The molecule has 0 bridgehead atoms. The van der Waals surface area contributed by atoms with E-state index in [1.165, 1.54) is 16.8 Å². The molecule has 0 radical (unpaired) electrons. The van der Waals surface area contributed by atoms with Crippen molar-refractivity contribution in [2.45, 2.75) is 17.9 Å². The molecule has 23 heavy (non-hydrogen) atoms. The lowest BCUT2D eigenvalue weighted by molar-refractivity contribution is -0.126. The topological polar surface area (TPSA) is 93.5 Å². The molecule has 0 aliphatic carbocycles. The molecule has 0 saturated carbocycles. The smallest absolute Gasteiger partial charge is 0.262 e. The quantitative estimate of drug-likeness (QED) is 0.802. The first-order valence-electron chi connectivity index (χ1n) is 7.64. The summed E-state index contributed by atoms with van der Waals surface area (Å²) in [6.45, 7) is 1.76. The number of nitrogens with zero attached hydrogens (tertiary/aromatic N) is 3. The van der Waals surface area contributed by atoms with Gasteiger partial charge in [-0.1, -0.05) is 0 Å². The van der Waals surface area contributed by atoms with Crippen LogP contribution in [0.15, 0.2) is 17.6 Å². The van der Waals surface area contributed by atoms with Gasteiger partial charge in [-0.05, 0) is 12.8 Å². The van der Waals surface area contributed by atoms with Crippen molar-refractivity contribution in [3.63, 3.8) is 0 Å². The van der Waals surface area contributed by atoms with E-state index in [9.17, 15) is 13.2 Å². The molecule has 2 saturated heterocycles. The van der Waals surface area contributed by atoms with E-state index in [2.05, 4.69) is 10.3 Å². The van der Waals surface area contributed by atoms with Crippen molar-refractivity contribution in [1.82, 2.24) is 19.2 Å². The number of rotatable bonds is 4. The Kier molecular flexibility index (Phi) is 4.19. The molecule has 9 heteroatoms. The summed E-state index contributed by atoms with van der Waals surface area (Å²) in [7, 11) is -0.244. The lowest BCUT2D eigenvalue weighted by atomic mass is 9.71. The molecule has 1 aromatic rings. The highest BCUT2D eigenvalue weighted by Gasteiger charge is 2.50. The molecular formula is C14H22N4O4S. The highest BCUT2D eigenvalue weighted by atomic mass is 32.2. The second-order valence-electron chi connectivity index (χ2n) is 6.37. The Labute approximate surface area is 135 Å². The molecule has 128 valence electrons. The van der Waals surface area contributed by atoms with Crippen LogP contribution in [0, 0.1) is 11.3 Å². The van der Waals surface area contributed by atoms with Crippen molar-refractivity contribution in [1.29, 1.82) is 0 Å². The number of hydrogen-bond acceptors (Lipinski definition) is 5. The summed E-state index contributed by atoms with van der Waals surface area (Å²) < 4.78 is 33.5. The Balaban J connectivity index is 1.74. The summed E-state index contributed by atoms with van der Waals surface area (Å²) in [6, 6.07) is 0. The van der Waals surface area contributed by atoms with Gasteiger partial charge >= 0.3 is 0 Å². The SMILES string of the molecule is COC[C@H]1C(=O)NCC12CCN(S(=O)(=O)c1cn(C)cn1)CC2. The largest absolute Gasteiger partial charge is 0.384 e. The van der Waals surface area contributed by atoms with E-state index in [1.54, 1.807) is 18.7 Å². The van der Waals surface area contributed by atoms with Crippen LogP contribution in [0.1, 0.15) is 12.8 Å².